The average molecular weight is 146 g/mol. The van der Waals surface area contributed by atoms with E-state index in [1.165, 1.54) is 0 Å². The van der Waals surface area contributed by atoms with E-state index in [2.05, 4.69) is 16.0 Å². The van der Waals surface area contributed by atoms with Gasteiger partial charge in [0.05, 0.1) is 0 Å². The van der Waals surface area contributed by atoms with Crippen LogP contribution in [0.2, 0.25) is 0 Å². The monoisotopic (exact) mass is 147 g/mol. The van der Waals surface area contributed by atoms with E-state index >= 15 is 0 Å². The topological polar surface area (TPSA) is 13.1 Å². The molecule has 0 radical (unpaired) electrons. The van der Waals surface area contributed by atoms with E-state index in [9.17, 15) is 0 Å². The van der Waals surface area contributed by atoms with Gasteiger partial charge in [-0.25, -0.2) is 0 Å². The normalized spacial score (nSPS) is 8.67. The molecule has 0 N–H and O–H groups in total. The quantitative estimate of drug-likeness (QED) is 0.472. The van der Waals surface area contributed by atoms with Gasteiger partial charge < -0.3 is 0 Å². The Labute approximate surface area is 44.2 Å². The number of furan rings is 1. The molecule has 0 atom stereocenters. The van der Waals surface area contributed by atoms with Gasteiger partial charge in [0.15, 0.2) is 0 Å². The first-order valence-corrected chi connectivity index (χ1v) is 2.46. The predicted octanol–water partition coefficient (Wildman–Crippen LogP) is 0.0734. The van der Waals surface area contributed by atoms with Gasteiger partial charge >= 0.3 is 43.5 Å². The SMILES string of the molecule is [Se-]c1ccco1. The van der Waals surface area contributed by atoms with Gasteiger partial charge in [0.25, 0.3) is 0 Å². The Hall–Kier alpha value is -0.201. The zero-order valence-electron chi connectivity index (χ0n) is 3.05. The molecular formula is C4H3OSe-. The van der Waals surface area contributed by atoms with Crippen molar-refractivity contribution in [3.63, 3.8) is 0 Å². The van der Waals surface area contributed by atoms with Crippen LogP contribution in [-0.4, -0.2) is 16.0 Å². The second-order valence-electron chi connectivity index (χ2n) is 0.932. The first kappa shape index (κ1) is 3.97. The predicted molar refractivity (Wildman–Crippen MR) is 24.1 cm³/mol. The third-order valence-corrected chi connectivity index (χ3v) is 0.982. The first-order valence-electron chi connectivity index (χ1n) is 1.60. The summed E-state index contributed by atoms with van der Waals surface area (Å²) in [6, 6.07) is 3.70. The van der Waals surface area contributed by atoms with Gasteiger partial charge in [-0.1, -0.05) is 0 Å². The van der Waals surface area contributed by atoms with Crippen LogP contribution in [0.5, 0.6) is 0 Å². The molecule has 1 aromatic heterocycles. The van der Waals surface area contributed by atoms with Crippen LogP contribution in [0.25, 0.3) is 0 Å². The molecule has 1 heterocycles. The fourth-order valence-electron chi connectivity index (χ4n) is 0.263. The Balaban J connectivity index is 3.05. The summed E-state index contributed by atoms with van der Waals surface area (Å²) in [5, 5.41) is 0. The zero-order valence-corrected chi connectivity index (χ0v) is 4.76. The Morgan fingerprint density at radius 3 is 2.67 bits per heavy atom. The third kappa shape index (κ3) is 0.644. The summed E-state index contributed by atoms with van der Waals surface area (Å²) in [5.74, 6) is 0. The van der Waals surface area contributed by atoms with E-state index in [1.54, 1.807) is 6.26 Å². The first-order chi connectivity index (χ1) is 2.89. The Morgan fingerprint density at radius 2 is 2.50 bits per heavy atom. The van der Waals surface area contributed by atoms with Crippen LogP contribution in [-0.2, 0) is 0 Å². The van der Waals surface area contributed by atoms with Gasteiger partial charge in [-0.2, -0.15) is 0 Å². The Morgan fingerprint density at radius 1 is 1.67 bits per heavy atom. The molecule has 1 aromatic rings. The summed E-state index contributed by atoms with van der Waals surface area (Å²) in [5.41, 5.74) is 0. The Kier molecular flexibility index (Phi) is 0.992. The maximum absolute atomic E-state index is 4.78. The van der Waals surface area contributed by atoms with Crippen LogP contribution in [0, 0.1) is 0 Å². The number of hydrogen-bond acceptors (Lipinski definition) is 1. The van der Waals surface area contributed by atoms with Crippen molar-refractivity contribution in [1.29, 1.82) is 0 Å². The molecule has 0 amide bonds. The van der Waals surface area contributed by atoms with Crippen molar-refractivity contribution in [2.75, 3.05) is 0 Å². The molecule has 6 heavy (non-hydrogen) atoms. The molecule has 1 nitrogen and oxygen atoms in total. The van der Waals surface area contributed by atoms with Crippen molar-refractivity contribution < 1.29 is 4.42 Å². The van der Waals surface area contributed by atoms with Crippen molar-refractivity contribution >= 4 is 20.7 Å². The van der Waals surface area contributed by atoms with Crippen LogP contribution in [0.4, 0.5) is 0 Å². The van der Waals surface area contributed by atoms with Gasteiger partial charge in [0.2, 0.25) is 0 Å². The summed E-state index contributed by atoms with van der Waals surface area (Å²) in [7, 11) is 0. The zero-order chi connectivity index (χ0) is 4.41. The summed E-state index contributed by atoms with van der Waals surface area (Å²) in [4.78, 5) is 0. The molecule has 2 heteroatoms. The number of hydrogen-bond donors (Lipinski definition) is 0. The van der Waals surface area contributed by atoms with Crippen LogP contribution < -0.4 is 4.66 Å². The molecule has 0 saturated heterocycles. The molecule has 0 aliphatic heterocycles. The molecule has 1 rings (SSSR count). The summed E-state index contributed by atoms with van der Waals surface area (Å²) in [6.45, 7) is 0. The third-order valence-electron chi connectivity index (χ3n) is 0.495. The molecular weight excluding hydrogens is 143 g/mol. The standard InChI is InChI=1S/C4H4OSe/c6-4-2-1-3-5-4/h1-3,6H/p-1. The van der Waals surface area contributed by atoms with Gasteiger partial charge in [-0.3, -0.25) is 0 Å². The number of rotatable bonds is 0. The van der Waals surface area contributed by atoms with E-state index in [0.717, 1.165) is 4.66 Å². The van der Waals surface area contributed by atoms with Crippen LogP contribution in [0.1, 0.15) is 0 Å². The minimum atomic E-state index is 0.843. The van der Waals surface area contributed by atoms with Gasteiger partial charge in [-0.05, 0) is 0 Å². The van der Waals surface area contributed by atoms with Crippen LogP contribution in [0.3, 0.4) is 0 Å². The minimum absolute atomic E-state index is 0.843. The molecule has 0 aromatic carbocycles. The molecule has 0 fully saturated rings. The van der Waals surface area contributed by atoms with E-state index in [4.69, 9.17) is 4.42 Å². The van der Waals surface area contributed by atoms with Gasteiger partial charge in [-0.15, -0.1) is 0 Å². The molecule has 0 bridgehead atoms. The Bertz CT molecular complexity index is 111. The summed E-state index contributed by atoms with van der Waals surface area (Å²) < 4.78 is 5.62. The van der Waals surface area contributed by atoms with E-state index in [0.29, 0.717) is 0 Å². The van der Waals surface area contributed by atoms with Crippen molar-refractivity contribution in [1.82, 2.24) is 0 Å². The van der Waals surface area contributed by atoms with E-state index in [1.807, 2.05) is 12.1 Å². The second-order valence-corrected chi connectivity index (χ2v) is 1.78. The fourth-order valence-corrected chi connectivity index (χ4v) is 0.545. The second kappa shape index (κ2) is 1.50. The summed E-state index contributed by atoms with van der Waals surface area (Å²) >= 11 is 2.72. The van der Waals surface area contributed by atoms with Gasteiger partial charge in [0.1, 0.15) is 0 Å². The van der Waals surface area contributed by atoms with Crippen molar-refractivity contribution in [2.24, 2.45) is 0 Å². The van der Waals surface area contributed by atoms with Gasteiger partial charge in [0, 0.05) is 0 Å². The molecule has 0 aliphatic rings. The van der Waals surface area contributed by atoms with Crippen molar-refractivity contribution in [3.8, 4) is 0 Å². The van der Waals surface area contributed by atoms with E-state index < -0.39 is 0 Å². The van der Waals surface area contributed by atoms with Crippen LogP contribution in [0.15, 0.2) is 22.8 Å². The molecule has 0 saturated carbocycles. The van der Waals surface area contributed by atoms with Crippen molar-refractivity contribution in [2.45, 2.75) is 0 Å². The average Bonchev–Trinajstić information content (AvgIpc) is 1.86. The molecule has 0 unspecified atom stereocenters. The molecule has 32 valence electrons. The maximum atomic E-state index is 4.78. The molecule has 0 aliphatic carbocycles. The fraction of sp³-hybridized carbons (Fsp3) is 0. The van der Waals surface area contributed by atoms with Crippen molar-refractivity contribution in [3.05, 3.63) is 18.4 Å². The molecule has 0 spiro atoms. The van der Waals surface area contributed by atoms with Crippen LogP contribution >= 0.6 is 0 Å². The summed E-state index contributed by atoms with van der Waals surface area (Å²) in [6.07, 6.45) is 1.63. The van der Waals surface area contributed by atoms with E-state index in [-0.39, 0.29) is 0 Å².